The fourth-order valence-corrected chi connectivity index (χ4v) is 1.97. The van der Waals surface area contributed by atoms with Gasteiger partial charge >= 0.3 is 0 Å². The summed E-state index contributed by atoms with van der Waals surface area (Å²) in [6.45, 7) is 2.85. The molecule has 0 unspecified atom stereocenters. The number of hydrogen-bond acceptors (Lipinski definition) is 2. The van der Waals surface area contributed by atoms with E-state index in [0.29, 0.717) is 24.0 Å². The molecule has 0 aromatic heterocycles. The molecule has 0 amide bonds. The first-order chi connectivity index (χ1) is 7.15. The molecule has 2 N–H and O–H groups in total. The van der Waals surface area contributed by atoms with E-state index < -0.39 is 0 Å². The second kappa shape index (κ2) is 6.08. The van der Waals surface area contributed by atoms with Crippen LogP contribution >= 0.6 is 15.9 Å². The number of phenolic OH excluding ortho intramolecular Hbond substituents is 1. The zero-order chi connectivity index (χ0) is 11.3. The summed E-state index contributed by atoms with van der Waals surface area (Å²) in [5, 5.41) is 12.8. The Morgan fingerprint density at radius 3 is 2.87 bits per heavy atom. The second-order valence-electron chi connectivity index (χ2n) is 3.47. The van der Waals surface area contributed by atoms with Crippen molar-refractivity contribution in [1.82, 2.24) is 5.32 Å². The van der Waals surface area contributed by atoms with Crippen LogP contribution in [0.1, 0.15) is 17.5 Å². The van der Waals surface area contributed by atoms with E-state index in [0.717, 1.165) is 11.1 Å². The fourth-order valence-electron chi connectivity index (χ4n) is 1.36. The Hall–Kier alpha value is -0.610. The number of benzene rings is 1. The molecule has 0 heterocycles. The molecule has 15 heavy (non-hydrogen) atoms. The largest absolute Gasteiger partial charge is 0.506 e. The van der Waals surface area contributed by atoms with Crippen molar-refractivity contribution in [2.75, 3.05) is 13.2 Å². The molecule has 2 nitrogen and oxygen atoms in total. The summed E-state index contributed by atoms with van der Waals surface area (Å²) in [5.74, 6) is 0.258. The third kappa shape index (κ3) is 3.80. The molecule has 0 atom stereocenters. The van der Waals surface area contributed by atoms with E-state index in [2.05, 4.69) is 21.2 Å². The summed E-state index contributed by atoms with van der Waals surface area (Å²) >= 11 is 3.28. The molecule has 0 bridgehead atoms. The summed E-state index contributed by atoms with van der Waals surface area (Å²) in [6.07, 6.45) is 0.508. The molecular weight excluding hydrogens is 261 g/mol. The van der Waals surface area contributed by atoms with Gasteiger partial charge in [-0.05, 0) is 47.4 Å². The highest BCUT2D eigenvalue weighted by Gasteiger charge is 2.05. The van der Waals surface area contributed by atoms with Crippen LogP contribution in [0.2, 0.25) is 0 Å². The van der Waals surface area contributed by atoms with Gasteiger partial charge in [-0.3, -0.25) is 4.39 Å². The van der Waals surface area contributed by atoms with Gasteiger partial charge in [0.15, 0.2) is 0 Å². The van der Waals surface area contributed by atoms with Crippen LogP contribution in [0.15, 0.2) is 16.6 Å². The number of halogens is 2. The Morgan fingerprint density at radius 1 is 1.47 bits per heavy atom. The molecule has 4 heteroatoms. The predicted molar refractivity (Wildman–Crippen MR) is 62.8 cm³/mol. The van der Waals surface area contributed by atoms with Gasteiger partial charge in [-0.1, -0.05) is 6.07 Å². The summed E-state index contributed by atoms with van der Waals surface area (Å²) in [7, 11) is 0. The molecule has 0 aliphatic carbocycles. The summed E-state index contributed by atoms with van der Waals surface area (Å²) in [4.78, 5) is 0. The third-order valence-electron chi connectivity index (χ3n) is 2.09. The number of hydrogen-bond donors (Lipinski definition) is 2. The lowest BCUT2D eigenvalue weighted by atomic mass is 10.1. The second-order valence-corrected chi connectivity index (χ2v) is 4.33. The van der Waals surface area contributed by atoms with Gasteiger partial charge in [0.1, 0.15) is 5.75 Å². The predicted octanol–water partition coefficient (Wildman–Crippen LogP) is 2.91. The lowest BCUT2D eigenvalue weighted by Crippen LogP contribution is -2.15. The maximum Gasteiger partial charge on any atom is 0.134 e. The molecule has 84 valence electrons. The maximum atomic E-state index is 11.8. The zero-order valence-corrected chi connectivity index (χ0v) is 10.3. The topological polar surface area (TPSA) is 32.3 Å². The minimum atomic E-state index is -0.309. The monoisotopic (exact) mass is 275 g/mol. The minimum absolute atomic E-state index is 0.258. The molecule has 0 aliphatic heterocycles. The number of nitrogens with one attached hydrogen (secondary N) is 1. The minimum Gasteiger partial charge on any atom is -0.506 e. The summed E-state index contributed by atoms with van der Waals surface area (Å²) < 4.78 is 12.5. The average molecular weight is 276 g/mol. The van der Waals surface area contributed by atoms with Gasteiger partial charge in [-0.25, -0.2) is 0 Å². The normalized spacial score (nSPS) is 10.6. The molecule has 0 spiro atoms. The molecule has 1 aromatic carbocycles. The van der Waals surface area contributed by atoms with Crippen LogP contribution in [0.25, 0.3) is 0 Å². The van der Waals surface area contributed by atoms with Gasteiger partial charge in [-0.2, -0.15) is 0 Å². The van der Waals surface area contributed by atoms with Crippen LogP contribution in [0, 0.1) is 6.92 Å². The van der Waals surface area contributed by atoms with Crippen LogP contribution in [0.3, 0.4) is 0 Å². The Morgan fingerprint density at radius 2 is 2.20 bits per heavy atom. The highest BCUT2D eigenvalue weighted by atomic mass is 79.9. The quantitative estimate of drug-likeness (QED) is 0.810. The average Bonchev–Trinajstić information content (AvgIpc) is 2.19. The Balaban J connectivity index is 2.60. The number of aryl methyl sites for hydroxylation is 1. The molecule has 0 radical (unpaired) electrons. The maximum absolute atomic E-state index is 11.8. The first kappa shape index (κ1) is 12.5. The Kier molecular flexibility index (Phi) is 5.05. The highest BCUT2D eigenvalue weighted by Crippen LogP contribution is 2.29. The first-order valence-electron chi connectivity index (χ1n) is 4.90. The lowest BCUT2D eigenvalue weighted by molar-refractivity contribution is 0.448. The molecule has 0 fully saturated rings. The zero-order valence-electron chi connectivity index (χ0n) is 8.69. The van der Waals surface area contributed by atoms with Crippen molar-refractivity contribution in [3.8, 4) is 5.75 Å². The molecule has 0 saturated heterocycles. The van der Waals surface area contributed by atoms with Crippen molar-refractivity contribution in [3.63, 3.8) is 0 Å². The van der Waals surface area contributed by atoms with E-state index in [1.54, 1.807) is 0 Å². The van der Waals surface area contributed by atoms with Gasteiger partial charge in [0, 0.05) is 12.1 Å². The van der Waals surface area contributed by atoms with E-state index in [1.165, 1.54) is 0 Å². The van der Waals surface area contributed by atoms with Gasteiger partial charge in [0.25, 0.3) is 0 Å². The number of aromatic hydroxyl groups is 1. The summed E-state index contributed by atoms with van der Waals surface area (Å²) in [6, 6.07) is 3.78. The van der Waals surface area contributed by atoms with E-state index in [-0.39, 0.29) is 12.4 Å². The van der Waals surface area contributed by atoms with E-state index in [9.17, 15) is 9.50 Å². The smallest absolute Gasteiger partial charge is 0.134 e. The third-order valence-corrected chi connectivity index (χ3v) is 2.69. The van der Waals surface area contributed by atoms with Crippen molar-refractivity contribution < 1.29 is 9.50 Å². The van der Waals surface area contributed by atoms with Crippen molar-refractivity contribution in [2.24, 2.45) is 0 Å². The van der Waals surface area contributed by atoms with Gasteiger partial charge in [-0.15, -0.1) is 0 Å². The molecule has 1 aromatic rings. The molecule has 0 aliphatic rings. The van der Waals surface area contributed by atoms with E-state index >= 15 is 0 Å². The first-order valence-corrected chi connectivity index (χ1v) is 5.69. The van der Waals surface area contributed by atoms with E-state index in [1.807, 2.05) is 19.1 Å². The Bertz CT molecular complexity index is 331. The number of alkyl halides is 1. The van der Waals surface area contributed by atoms with Crippen LogP contribution in [0.5, 0.6) is 5.75 Å². The highest BCUT2D eigenvalue weighted by molar-refractivity contribution is 9.10. The van der Waals surface area contributed by atoms with Crippen LogP contribution < -0.4 is 5.32 Å². The molecule has 0 saturated carbocycles. The SMILES string of the molecule is Cc1cc(Br)c(O)c(CNCCCF)c1. The Labute approximate surface area is 97.6 Å². The van der Waals surface area contributed by atoms with E-state index in [4.69, 9.17) is 0 Å². The fraction of sp³-hybridized carbons (Fsp3) is 0.455. The van der Waals surface area contributed by atoms with Crippen molar-refractivity contribution in [3.05, 3.63) is 27.7 Å². The molecule has 1 rings (SSSR count). The lowest BCUT2D eigenvalue weighted by Gasteiger charge is -2.08. The van der Waals surface area contributed by atoms with Crippen LogP contribution in [0.4, 0.5) is 4.39 Å². The van der Waals surface area contributed by atoms with Crippen molar-refractivity contribution in [1.29, 1.82) is 0 Å². The number of phenols is 1. The van der Waals surface area contributed by atoms with Crippen LogP contribution in [-0.2, 0) is 6.54 Å². The summed E-state index contributed by atoms with van der Waals surface area (Å²) in [5.41, 5.74) is 1.92. The molecular formula is C11H15BrFNO. The van der Waals surface area contributed by atoms with Crippen LogP contribution in [-0.4, -0.2) is 18.3 Å². The van der Waals surface area contributed by atoms with Gasteiger partial charge in [0.05, 0.1) is 11.1 Å². The standard InChI is InChI=1S/C11H15BrFNO/c1-8-5-9(7-14-4-2-3-13)11(15)10(12)6-8/h5-6,14-15H,2-4,7H2,1H3. The van der Waals surface area contributed by atoms with Gasteiger partial charge in [0.2, 0.25) is 0 Å². The van der Waals surface area contributed by atoms with Crippen molar-refractivity contribution in [2.45, 2.75) is 19.9 Å². The van der Waals surface area contributed by atoms with Crippen molar-refractivity contribution >= 4 is 15.9 Å². The number of rotatable bonds is 5. The van der Waals surface area contributed by atoms with Gasteiger partial charge < -0.3 is 10.4 Å².